The number of hydrogen-bond donors (Lipinski definition) is 1. The van der Waals surface area contributed by atoms with Crippen molar-refractivity contribution in [2.45, 2.75) is 18.9 Å². The van der Waals surface area contributed by atoms with Gasteiger partial charge in [-0.2, -0.15) is 12.6 Å². The number of nitrogens with zero attached hydrogens (tertiary/aromatic N) is 1. The maximum absolute atomic E-state index is 5.27. The number of methoxy groups -OCH3 is 1. The molecule has 0 bridgehead atoms. The predicted molar refractivity (Wildman–Crippen MR) is 50.3 cm³/mol. The SMILES string of the molecule is COC1CCN(CCS)CC1. The molecule has 0 aromatic rings. The summed E-state index contributed by atoms with van der Waals surface area (Å²) in [5, 5.41) is 0. The molecule has 0 N–H and O–H groups in total. The van der Waals surface area contributed by atoms with Gasteiger partial charge in [-0.25, -0.2) is 0 Å². The van der Waals surface area contributed by atoms with Crippen molar-refractivity contribution in [2.75, 3.05) is 32.5 Å². The average molecular weight is 175 g/mol. The second-order valence-electron chi connectivity index (χ2n) is 3.00. The molecule has 3 heteroatoms. The molecule has 11 heavy (non-hydrogen) atoms. The van der Waals surface area contributed by atoms with E-state index in [0.717, 1.165) is 12.3 Å². The van der Waals surface area contributed by atoms with Gasteiger partial charge in [-0.05, 0) is 12.8 Å². The first kappa shape index (κ1) is 9.36. The van der Waals surface area contributed by atoms with Crippen LogP contribution in [0.3, 0.4) is 0 Å². The van der Waals surface area contributed by atoms with E-state index in [2.05, 4.69) is 17.5 Å². The van der Waals surface area contributed by atoms with Gasteiger partial charge in [0.15, 0.2) is 0 Å². The summed E-state index contributed by atoms with van der Waals surface area (Å²) >= 11 is 4.20. The van der Waals surface area contributed by atoms with E-state index in [0.29, 0.717) is 6.10 Å². The number of hydrogen-bond acceptors (Lipinski definition) is 3. The van der Waals surface area contributed by atoms with Crippen LogP contribution in [0, 0.1) is 0 Å². The van der Waals surface area contributed by atoms with Crippen LogP contribution in [0.2, 0.25) is 0 Å². The molecule has 1 rings (SSSR count). The largest absolute Gasteiger partial charge is 0.381 e. The van der Waals surface area contributed by atoms with Crippen LogP contribution in [0.1, 0.15) is 12.8 Å². The monoisotopic (exact) mass is 175 g/mol. The Morgan fingerprint density at radius 3 is 2.55 bits per heavy atom. The quantitative estimate of drug-likeness (QED) is 0.643. The van der Waals surface area contributed by atoms with Gasteiger partial charge in [0.05, 0.1) is 6.10 Å². The van der Waals surface area contributed by atoms with Crippen LogP contribution in [0.4, 0.5) is 0 Å². The normalized spacial score (nSPS) is 22.4. The third kappa shape index (κ3) is 3.01. The lowest BCUT2D eigenvalue weighted by Gasteiger charge is -2.30. The number of thiol groups is 1. The minimum absolute atomic E-state index is 0.506. The van der Waals surface area contributed by atoms with E-state index >= 15 is 0 Å². The molecule has 0 unspecified atom stereocenters. The Bertz CT molecular complexity index is 102. The molecule has 1 fully saturated rings. The molecule has 66 valence electrons. The maximum Gasteiger partial charge on any atom is 0.0595 e. The smallest absolute Gasteiger partial charge is 0.0595 e. The van der Waals surface area contributed by atoms with Crippen molar-refractivity contribution in [3.8, 4) is 0 Å². The van der Waals surface area contributed by atoms with Gasteiger partial charge in [-0.1, -0.05) is 0 Å². The highest BCUT2D eigenvalue weighted by atomic mass is 32.1. The van der Waals surface area contributed by atoms with Crippen LogP contribution in [-0.2, 0) is 4.74 Å². The van der Waals surface area contributed by atoms with E-state index in [-0.39, 0.29) is 0 Å². The zero-order valence-corrected chi connectivity index (χ0v) is 8.02. The predicted octanol–water partition coefficient (Wildman–Crippen LogP) is 1.03. The zero-order chi connectivity index (χ0) is 8.10. The van der Waals surface area contributed by atoms with Gasteiger partial charge >= 0.3 is 0 Å². The number of ether oxygens (including phenoxy) is 1. The minimum Gasteiger partial charge on any atom is -0.381 e. The van der Waals surface area contributed by atoms with E-state index in [1.54, 1.807) is 7.11 Å². The molecule has 1 saturated heterocycles. The van der Waals surface area contributed by atoms with Crippen LogP contribution in [-0.4, -0.2) is 43.5 Å². The first-order valence-corrected chi connectivity index (χ1v) is 4.86. The van der Waals surface area contributed by atoms with Crippen LogP contribution < -0.4 is 0 Å². The highest BCUT2D eigenvalue weighted by Gasteiger charge is 2.17. The van der Waals surface area contributed by atoms with Gasteiger partial charge in [-0.15, -0.1) is 0 Å². The van der Waals surface area contributed by atoms with Crippen molar-refractivity contribution in [1.82, 2.24) is 4.90 Å². The standard InChI is InChI=1S/C8H17NOS/c1-10-8-2-4-9(5-3-8)6-7-11/h8,11H,2-7H2,1H3. The van der Waals surface area contributed by atoms with E-state index in [1.165, 1.54) is 25.9 Å². The van der Waals surface area contributed by atoms with Crippen LogP contribution in [0.15, 0.2) is 0 Å². The van der Waals surface area contributed by atoms with Gasteiger partial charge < -0.3 is 9.64 Å². The summed E-state index contributed by atoms with van der Waals surface area (Å²) in [6.07, 6.45) is 2.88. The third-order valence-electron chi connectivity index (χ3n) is 2.28. The molecule has 1 aliphatic rings. The van der Waals surface area contributed by atoms with Crippen LogP contribution in [0.5, 0.6) is 0 Å². The topological polar surface area (TPSA) is 12.5 Å². The molecule has 0 radical (unpaired) electrons. The fourth-order valence-corrected chi connectivity index (χ4v) is 1.79. The molecule has 0 saturated carbocycles. The Kier molecular flexibility index (Phi) is 4.26. The average Bonchev–Trinajstić information content (AvgIpc) is 2.07. The Hall–Kier alpha value is 0.270. The summed E-state index contributed by atoms with van der Waals surface area (Å²) in [5.41, 5.74) is 0. The molecule has 1 aliphatic heterocycles. The van der Waals surface area contributed by atoms with Crippen molar-refractivity contribution in [1.29, 1.82) is 0 Å². The lowest BCUT2D eigenvalue weighted by molar-refractivity contribution is 0.0430. The Labute approximate surface area is 74.3 Å². The molecule has 0 aromatic carbocycles. The van der Waals surface area contributed by atoms with Crippen LogP contribution >= 0.6 is 12.6 Å². The van der Waals surface area contributed by atoms with Crippen molar-refractivity contribution in [3.63, 3.8) is 0 Å². The fraction of sp³-hybridized carbons (Fsp3) is 1.00. The lowest BCUT2D eigenvalue weighted by atomic mass is 10.1. The summed E-state index contributed by atoms with van der Waals surface area (Å²) in [7, 11) is 1.80. The first-order valence-electron chi connectivity index (χ1n) is 4.23. The lowest BCUT2D eigenvalue weighted by Crippen LogP contribution is -2.37. The first-order chi connectivity index (χ1) is 5.36. The highest BCUT2D eigenvalue weighted by Crippen LogP contribution is 2.12. The molecule has 1 heterocycles. The van der Waals surface area contributed by atoms with Gasteiger partial charge in [0.25, 0.3) is 0 Å². The van der Waals surface area contributed by atoms with Crippen molar-refractivity contribution in [3.05, 3.63) is 0 Å². The number of piperidine rings is 1. The summed E-state index contributed by atoms with van der Waals surface area (Å²) in [6, 6.07) is 0. The molecule has 0 amide bonds. The maximum atomic E-state index is 5.27. The van der Waals surface area contributed by atoms with Crippen molar-refractivity contribution < 1.29 is 4.74 Å². The Morgan fingerprint density at radius 2 is 2.09 bits per heavy atom. The highest BCUT2D eigenvalue weighted by molar-refractivity contribution is 7.80. The molecule has 2 nitrogen and oxygen atoms in total. The van der Waals surface area contributed by atoms with E-state index in [9.17, 15) is 0 Å². The molecule has 0 spiro atoms. The van der Waals surface area contributed by atoms with Gasteiger partial charge in [0.2, 0.25) is 0 Å². The third-order valence-corrected chi connectivity index (χ3v) is 2.48. The van der Waals surface area contributed by atoms with Gasteiger partial charge in [-0.3, -0.25) is 0 Å². The van der Waals surface area contributed by atoms with Crippen molar-refractivity contribution >= 4 is 12.6 Å². The summed E-state index contributed by atoms with van der Waals surface area (Å²) < 4.78 is 5.27. The van der Waals surface area contributed by atoms with Crippen molar-refractivity contribution in [2.24, 2.45) is 0 Å². The minimum atomic E-state index is 0.506. The van der Waals surface area contributed by atoms with E-state index in [4.69, 9.17) is 4.74 Å². The fourth-order valence-electron chi connectivity index (χ4n) is 1.51. The van der Waals surface area contributed by atoms with Gasteiger partial charge in [0, 0.05) is 32.5 Å². The van der Waals surface area contributed by atoms with E-state index < -0.39 is 0 Å². The second kappa shape index (κ2) is 5.01. The molecule has 0 aromatic heterocycles. The molecule has 0 atom stereocenters. The van der Waals surface area contributed by atoms with E-state index in [1.807, 2.05) is 0 Å². The summed E-state index contributed by atoms with van der Waals surface area (Å²) in [5.74, 6) is 0.970. The van der Waals surface area contributed by atoms with Crippen LogP contribution in [0.25, 0.3) is 0 Å². The Morgan fingerprint density at radius 1 is 1.45 bits per heavy atom. The second-order valence-corrected chi connectivity index (χ2v) is 3.45. The number of likely N-dealkylation sites (tertiary alicyclic amines) is 1. The summed E-state index contributed by atoms with van der Waals surface area (Å²) in [6.45, 7) is 3.48. The summed E-state index contributed by atoms with van der Waals surface area (Å²) in [4.78, 5) is 2.45. The zero-order valence-electron chi connectivity index (χ0n) is 7.12. The molecular formula is C8H17NOS. The Balaban J connectivity index is 2.14. The molecule has 0 aliphatic carbocycles. The van der Waals surface area contributed by atoms with Gasteiger partial charge in [0.1, 0.15) is 0 Å². The molecular weight excluding hydrogens is 158 g/mol. The number of rotatable bonds is 3.